The summed E-state index contributed by atoms with van der Waals surface area (Å²) >= 11 is 0. The van der Waals surface area contributed by atoms with Crippen LogP contribution in [0.15, 0.2) is 48.2 Å². The van der Waals surface area contributed by atoms with Crippen molar-refractivity contribution in [3.8, 4) is 11.1 Å². The number of carbonyl (C=O) groups is 1. The molecule has 0 aromatic heterocycles. The fourth-order valence-corrected chi connectivity index (χ4v) is 4.20. The van der Waals surface area contributed by atoms with Crippen molar-refractivity contribution in [3.05, 3.63) is 64.9 Å². The molecule has 0 heterocycles. The SMILES string of the molecule is Cc1ccc(-c2ccc(C(F)(F)F)cc2)cc1C1=C(O)C2CCC(C2)C1=O. The first-order chi connectivity index (χ1) is 12.8. The van der Waals surface area contributed by atoms with E-state index in [9.17, 15) is 23.1 Å². The number of aliphatic hydroxyl groups is 1. The molecule has 2 atom stereocenters. The van der Waals surface area contributed by atoms with Gasteiger partial charge in [0.05, 0.1) is 11.1 Å². The van der Waals surface area contributed by atoms with E-state index in [4.69, 9.17) is 0 Å². The number of hydrogen-bond acceptors (Lipinski definition) is 2. The van der Waals surface area contributed by atoms with E-state index < -0.39 is 11.7 Å². The Bertz CT molecular complexity index is 939. The molecule has 0 radical (unpaired) electrons. The number of Topliss-reactive ketones (excluding diaryl/α,β-unsaturated/α-hetero) is 1. The van der Waals surface area contributed by atoms with Crippen LogP contribution in [-0.4, -0.2) is 10.9 Å². The number of hydrogen-bond donors (Lipinski definition) is 1. The molecule has 5 heteroatoms. The fourth-order valence-electron chi connectivity index (χ4n) is 4.20. The average molecular weight is 372 g/mol. The second kappa shape index (κ2) is 6.25. The first-order valence-corrected chi connectivity index (χ1v) is 9.01. The summed E-state index contributed by atoms with van der Waals surface area (Å²) in [6, 6.07) is 10.4. The molecule has 2 aromatic carbocycles. The predicted octanol–water partition coefficient (Wildman–Crippen LogP) is 5.95. The highest BCUT2D eigenvalue weighted by molar-refractivity contribution is 6.23. The highest BCUT2D eigenvalue weighted by atomic mass is 19.4. The van der Waals surface area contributed by atoms with Crippen molar-refractivity contribution in [1.29, 1.82) is 0 Å². The Morgan fingerprint density at radius 3 is 2.26 bits per heavy atom. The number of carbonyl (C=O) groups excluding carboxylic acids is 1. The van der Waals surface area contributed by atoms with Crippen molar-refractivity contribution >= 4 is 11.4 Å². The number of halogens is 3. The fraction of sp³-hybridized carbons (Fsp3) is 0.318. The summed E-state index contributed by atoms with van der Waals surface area (Å²) in [6.07, 6.45) is -2.04. The summed E-state index contributed by atoms with van der Waals surface area (Å²) in [4.78, 5) is 12.8. The Morgan fingerprint density at radius 2 is 1.59 bits per heavy atom. The summed E-state index contributed by atoms with van der Waals surface area (Å²) in [7, 11) is 0. The number of benzene rings is 2. The molecule has 2 unspecified atom stereocenters. The Balaban J connectivity index is 1.77. The maximum atomic E-state index is 12.8. The van der Waals surface area contributed by atoms with E-state index in [1.165, 1.54) is 12.1 Å². The van der Waals surface area contributed by atoms with Crippen molar-refractivity contribution in [2.45, 2.75) is 32.4 Å². The summed E-state index contributed by atoms with van der Waals surface area (Å²) in [5, 5.41) is 10.6. The van der Waals surface area contributed by atoms with Crippen LogP contribution < -0.4 is 0 Å². The van der Waals surface area contributed by atoms with Crippen LogP contribution in [0.1, 0.15) is 36.0 Å². The molecule has 1 saturated carbocycles. The van der Waals surface area contributed by atoms with Crippen LogP contribution in [0.4, 0.5) is 13.2 Å². The number of allylic oxidation sites excluding steroid dienone is 2. The topological polar surface area (TPSA) is 37.3 Å². The summed E-state index contributed by atoms with van der Waals surface area (Å²) < 4.78 is 38.3. The largest absolute Gasteiger partial charge is 0.511 e. The van der Waals surface area contributed by atoms with Crippen LogP contribution in [0.5, 0.6) is 0 Å². The Hall–Kier alpha value is -2.56. The van der Waals surface area contributed by atoms with Crippen LogP contribution >= 0.6 is 0 Å². The molecule has 2 nitrogen and oxygen atoms in total. The van der Waals surface area contributed by atoms with E-state index in [0.29, 0.717) is 23.1 Å². The van der Waals surface area contributed by atoms with Gasteiger partial charge in [-0.15, -0.1) is 0 Å². The first kappa shape index (κ1) is 17.8. The van der Waals surface area contributed by atoms with E-state index in [1.54, 1.807) is 6.07 Å². The molecule has 0 aliphatic heterocycles. The molecule has 0 spiro atoms. The smallest absolute Gasteiger partial charge is 0.416 e. The summed E-state index contributed by atoms with van der Waals surface area (Å²) in [5.41, 5.74) is 2.58. The number of aryl methyl sites for hydroxylation is 1. The van der Waals surface area contributed by atoms with E-state index in [-0.39, 0.29) is 23.4 Å². The third kappa shape index (κ3) is 3.05. The van der Waals surface area contributed by atoms with Gasteiger partial charge in [0.15, 0.2) is 5.78 Å². The molecular weight excluding hydrogens is 353 g/mol. The van der Waals surface area contributed by atoms with Gasteiger partial charge in [-0.3, -0.25) is 4.79 Å². The van der Waals surface area contributed by atoms with Crippen molar-refractivity contribution in [2.75, 3.05) is 0 Å². The maximum Gasteiger partial charge on any atom is 0.416 e. The van der Waals surface area contributed by atoms with Crippen LogP contribution in [0.2, 0.25) is 0 Å². The van der Waals surface area contributed by atoms with Gasteiger partial charge in [0.2, 0.25) is 0 Å². The Labute approximate surface area is 155 Å². The zero-order chi connectivity index (χ0) is 19.3. The molecule has 27 heavy (non-hydrogen) atoms. The molecule has 2 aliphatic rings. The summed E-state index contributed by atoms with van der Waals surface area (Å²) in [5.74, 6) is 0.155. The van der Waals surface area contributed by atoms with Crippen LogP contribution in [0, 0.1) is 18.8 Å². The lowest BCUT2D eigenvalue weighted by Crippen LogP contribution is -2.21. The standard InChI is InChI=1S/C22H19F3O2/c1-12-2-3-14(13-6-8-17(9-7-13)22(23,24)25)11-18(12)19-20(26)15-4-5-16(10-15)21(19)27/h2-3,6-9,11,15-16,26H,4-5,10H2,1H3. The summed E-state index contributed by atoms with van der Waals surface area (Å²) in [6.45, 7) is 1.87. The molecular formula is C22H19F3O2. The molecule has 4 rings (SSSR count). The van der Waals surface area contributed by atoms with Gasteiger partial charge in [-0.2, -0.15) is 13.2 Å². The monoisotopic (exact) mass is 372 g/mol. The molecule has 2 aromatic rings. The Morgan fingerprint density at radius 1 is 0.963 bits per heavy atom. The highest BCUT2D eigenvalue weighted by Crippen LogP contribution is 2.46. The molecule has 2 aliphatic carbocycles. The maximum absolute atomic E-state index is 12.8. The predicted molar refractivity (Wildman–Crippen MR) is 97.0 cm³/mol. The lowest BCUT2D eigenvalue weighted by molar-refractivity contribution is -0.137. The number of alkyl halides is 3. The quantitative estimate of drug-likeness (QED) is 0.707. The van der Waals surface area contributed by atoms with Crippen molar-refractivity contribution in [1.82, 2.24) is 0 Å². The van der Waals surface area contributed by atoms with Gasteiger partial charge < -0.3 is 5.11 Å². The Kier molecular flexibility index (Phi) is 4.13. The minimum atomic E-state index is -4.37. The normalized spacial score (nSPS) is 22.4. The van der Waals surface area contributed by atoms with Gasteiger partial charge in [-0.05, 0) is 66.6 Å². The molecule has 1 fully saturated rings. The first-order valence-electron chi connectivity index (χ1n) is 9.01. The molecule has 0 amide bonds. The van der Waals surface area contributed by atoms with Gasteiger partial charge in [-0.1, -0.05) is 24.3 Å². The van der Waals surface area contributed by atoms with Crippen LogP contribution in [0.25, 0.3) is 16.7 Å². The highest BCUT2D eigenvalue weighted by Gasteiger charge is 2.41. The third-order valence-electron chi connectivity index (χ3n) is 5.75. The van der Waals surface area contributed by atoms with E-state index in [1.807, 2.05) is 19.1 Å². The molecule has 2 bridgehead atoms. The number of ketones is 1. The minimum Gasteiger partial charge on any atom is -0.511 e. The second-order valence-corrected chi connectivity index (χ2v) is 7.44. The van der Waals surface area contributed by atoms with Gasteiger partial charge >= 0.3 is 6.18 Å². The molecule has 0 saturated heterocycles. The van der Waals surface area contributed by atoms with Crippen LogP contribution in [0.3, 0.4) is 0 Å². The van der Waals surface area contributed by atoms with Gasteiger partial charge in [0, 0.05) is 11.8 Å². The van der Waals surface area contributed by atoms with E-state index in [2.05, 4.69) is 0 Å². The van der Waals surface area contributed by atoms with Crippen molar-refractivity contribution in [2.24, 2.45) is 11.8 Å². The van der Waals surface area contributed by atoms with Crippen molar-refractivity contribution in [3.63, 3.8) is 0 Å². The van der Waals surface area contributed by atoms with Gasteiger partial charge in [-0.25, -0.2) is 0 Å². The zero-order valence-corrected chi connectivity index (χ0v) is 14.8. The molecule has 140 valence electrons. The average Bonchev–Trinajstić information content (AvgIpc) is 3.08. The van der Waals surface area contributed by atoms with Gasteiger partial charge in [0.25, 0.3) is 0 Å². The zero-order valence-electron chi connectivity index (χ0n) is 14.8. The van der Waals surface area contributed by atoms with Gasteiger partial charge in [0.1, 0.15) is 5.76 Å². The second-order valence-electron chi connectivity index (χ2n) is 7.44. The molecule has 1 N–H and O–H groups in total. The number of fused-ring (bicyclic) bond motifs is 2. The van der Waals surface area contributed by atoms with E-state index in [0.717, 1.165) is 36.1 Å². The lowest BCUT2D eigenvalue weighted by atomic mass is 9.81. The lowest BCUT2D eigenvalue weighted by Gasteiger charge is -2.23. The minimum absolute atomic E-state index is 0.0195. The van der Waals surface area contributed by atoms with Crippen LogP contribution in [-0.2, 0) is 11.0 Å². The number of aliphatic hydroxyl groups excluding tert-OH is 1. The van der Waals surface area contributed by atoms with Crippen molar-refractivity contribution < 1.29 is 23.1 Å². The van der Waals surface area contributed by atoms with E-state index >= 15 is 0 Å². The third-order valence-corrected chi connectivity index (χ3v) is 5.75. The number of rotatable bonds is 2.